The summed E-state index contributed by atoms with van der Waals surface area (Å²) in [6.45, 7) is 0.687. The third kappa shape index (κ3) is 4.16. The maximum Gasteiger partial charge on any atom is 0.272 e. The molecule has 116 valence electrons. The van der Waals surface area contributed by atoms with Crippen LogP contribution in [0.4, 0.5) is 0 Å². The summed E-state index contributed by atoms with van der Waals surface area (Å²) < 4.78 is 5.60. The Balaban J connectivity index is 1.53. The molecule has 0 aliphatic heterocycles. The van der Waals surface area contributed by atoms with E-state index in [2.05, 4.69) is 20.5 Å². The SMILES string of the molecule is O=C(NCc1ccccn1)c1cc(COc2ccccc2)[nH]n1. The highest BCUT2D eigenvalue weighted by molar-refractivity contribution is 5.92. The molecule has 2 aromatic heterocycles. The standard InChI is InChI=1S/C17H16N4O2/c22-17(19-11-13-6-4-5-9-18-13)16-10-14(20-21-16)12-23-15-7-2-1-3-8-15/h1-10H,11-12H2,(H,19,22)(H,20,21). The topological polar surface area (TPSA) is 79.9 Å². The van der Waals surface area contributed by atoms with Gasteiger partial charge in [-0.25, -0.2) is 0 Å². The number of aromatic amines is 1. The van der Waals surface area contributed by atoms with Crippen molar-refractivity contribution in [2.75, 3.05) is 0 Å². The van der Waals surface area contributed by atoms with Crippen molar-refractivity contribution in [3.8, 4) is 5.75 Å². The maximum atomic E-state index is 12.0. The zero-order chi connectivity index (χ0) is 15.9. The summed E-state index contributed by atoms with van der Waals surface area (Å²) in [5, 5.41) is 9.58. The van der Waals surface area contributed by atoms with Crippen molar-refractivity contribution < 1.29 is 9.53 Å². The fraction of sp³-hybridized carbons (Fsp3) is 0.118. The zero-order valence-electron chi connectivity index (χ0n) is 12.4. The lowest BCUT2D eigenvalue weighted by Gasteiger charge is -2.03. The number of pyridine rings is 1. The Hall–Kier alpha value is -3.15. The van der Waals surface area contributed by atoms with Gasteiger partial charge in [-0.1, -0.05) is 24.3 Å². The minimum Gasteiger partial charge on any atom is -0.487 e. The molecular weight excluding hydrogens is 292 g/mol. The molecule has 6 nitrogen and oxygen atoms in total. The maximum absolute atomic E-state index is 12.0. The van der Waals surface area contributed by atoms with Gasteiger partial charge in [0, 0.05) is 6.20 Å². The van der Waals surface area contributed by atoms with Crippen molar-refractivity contribution in [2.45, 2.75) is 13.2 Å². The number of amides is 1. The number of para-hydroxylation sites is 1. The van der Waals surface area contributed by atoms with E-state index in [0.717, 1.165) is 17.1 Å². The van der Waals surface area contributed by atoms with Gasteiger partial charge in [0.1, 0.15) is 18.1 Å². The molecule has 2 N–H and O–H groups in total. The van der Waals surface area contributed by atoms with Crippen molar-refractivity contribution in [3.63, 3.8) is 0 Å². The molecule has 0 bridgehead atoms. The van der Waals surface area contributed by atoms with Crippen molar-refractivity contribution in [1.82, 2.24) is 20.5 Å². The van der Waals surface area contributed by atoms with Crippen molar-refractivity contribution in [2.24, 2.45) is 0 Å². The minimum atomic E-state index is -0.252. The van der Waals surface area contributed by atoms with E-state index >= 15 is 0 Å². The summed E-state index contributed by atoms with van der Waals surface area (Å²) in [6, 6.07) is 16.7. The predicted octanol–water partition coefficient (Wildman–Crippen LogP) is 2.31. The van der Waals surface area contributed by atoms with Crippen LogP contribution in [-0.2, 0) is 13.2 Å². The highest BCUT2D eigenvalue weighted by Crippen LogP contribution is 2.11. The van der Waals surface area contributed by atoms with Crippen LogP contribution in [0.3, 0.4) is 0 Å². The number of carbonyl (C=O) groups is 1. The molecule has 1 amide bonds. The number of hydrogen-bond acceptors (Lipinski definition) is 4. The first kappa shape index (κ1) is 14.8. The van der Waals surface area contributed by atoms with E-state index in [1.807, 2.05) is 48.5 Å². The number of benzene rings is 1. The Morgan fingerprint density at radius 2 is 1.96 bits per heavy atom. The summed E-state index contributed by atoms with van der Waals surface area (Å²) in [5.41, 5.74) is 1.86. The second-order valence-electron chi connectivity index (χ2n) is 4.88. The molecule has 3 aromatic rings. The second-order valence-corrected chi connectivity index (χ2v) is 4.88. The zero-order valence-corrected chi connectivity index (χ0v) is 12.4. The molecule has 0 radical (unpaired) electrons. The minimum absolute atomic E-state index is 0.252. The number of ether oxygens (including phenoxy) is 1. The van der Waals surface area contributed by atoms with Crippen molar-refractivity contribution >= 4 is 5.91 Å². The molecular formula is C17H16N4O2. The lowest BCUT2D eigenvalue weighted by Crippen LogP contribution is -2.23. The molecule has 0 aliphatic rings. The van der Waals surface area contributed by atoms with Crippen LogP contribution in [0.1, 0.15) is 21.9 Å². The molecule has 6 heteroatoms. The summed E-state index contributed by atoms with van der Waals surface area (Å²) in [4.78, 5) is 16.2. The van der Waals surface area contributed by atoms with Gasteiger partial charge < -0.3 is 10.1 Å². The van der Waals surface area contributed by atoms with Crippen LogP contribution < -0.4 is 10.1 Å². The molecule has 0 aliphatic carbocycles. The highest BCUT2D eigenvalue weighted by atomic mass is 16.5. The first-order valence-electron chi connectivity index (χ1n) is 7.21. The summed E-state index contributed by atoms with van der Waals surface area (Å²) in [5.74, 6) is 0.515. The Kier molecular flexibility index (Phi) is 4.63. The van der Waals surface area contributed by atoms with Crippen LogP contribution in [-0.4, -0.2) is 21.1 Å². The van der Waals surface area contributed by atoms with E-state index in [9.17, 15) is 4.79 Å². The molecule has 0 saturated heterocycles. The van der Waals surface area contributed by atoms with Gasteiger partial charge in [-0.2, -0.15) is 5.10 Å². The number of aromatic nitrogens is 3. The van der Waals surface area contributed by atoms with Gasteiger partial charge in [0.2, 0.25) is 0 Å². The molecule has 2 heterocycles. The van der Waals surface area contributed by atoms with E-state index in [1.165, 1.54) is 0 Å². The summed E-state index contributed by atoms with van der Waals surface area (Å²) in [6.07, 6.45) is 1.69. The van der Waals surface area contributed by atoms with Crippen molar-refractivity contribution in [3.05, 3.63) is 77.9 Å². The van der Waals surface area contributed by atoms with Crippen LogP contribution in [0.25, 0.3) is 0 Å². The number of carbonyl (C=O) groups excluding carboxylic acids is 1. The largest absolute Gasteiger partial charge is 0.487 e. The number of nitrogens with one attached hydrogen (secondary N) is 2. The third-order valence-electron chi connectivity index (χ3n) is 3.16. The third-order valence-corrected chi connectivity index (χ3v) is 3.16. The van der Waals surface area contributed by atoms with Gasteiger partial charge in [0.15, 0.2) is 0 Å². The van der Waals surface area contributed by atoms with Gasteiger partial charge in [-0.15, -0.1) is 0 Å². The highest BCUT2D eigenvalue weighted by Gasteiger charge is 2.10. The Morgan fingerprint density at radius 1 is 1.13 bits per heavy atom. The van der Waals surface area contributed by atoms with Gasteiger partial charge in [-0.3, -0.25) is 14.9 Å². The molecule has 3 rings (SSSR count). The lowest BCUT2D eigenvalue weighted by atomic mass is 10.3. The number of rotatable bonds is 6. The summed E-state index contributed by atoms with van der Waals surface area (Å²) in [7, 11) is 0. The van der Waals surface area contributed by atoms with E-state index < -0.39 is 0 Å². The van der Waals surface area contributed by atoms with Crippen LogP contribution in [0.15, 0.2) is 60.8 Å². The first-order valence-corrected chi connectivity index (χ1v) is 7.21. The molecule has 1 aromatic carbocycles. The normalized spacial score (nSPS) is 10.3. The van der Waals surface area contributed by atoms with Crippen molar-refractivity contribution in [1.29, 1.82) is 0 Å². The first-order chi connectivity index (χ1) is 11.3. The smallest absolute Gasteiger partial charge is 0.272 e. The average molecular weight is 308 g/mol. The lowest BCUT2D eigenvalue weighted by molar-refractivity contribution is 0.0945. The molecule has 0 fully saturated rings. The number of nitrogens with zero attached hydrogens (tertiary/aromatic N) is 2. The molecule has 0 spiro atoms. The Bertz CT molecular complexity index is 757. The molecule has 0 unspecified atom stereocenters. The average Bonchev–Trinajstić information content (AvgIpc) is 3.09. The monoisotopic (exact) mass is 308 g/mol. The van der Waals surface area contributed by atoms with Gasteiger partial charge in [0.05, 0.1) is 17.9 Å². The van der Waals surface area contributed by atoms with Crippen LogP contribution in [0.2, 0.25) is 0 Å². The number of H-pyrrole nitrogens is 1. The van der Waals surface area contributed by atoms with Gasteiger partial charge >= 0.3 is 0 Å². The van der Waals surface area contributed by atoms with Crippen LogP contribution in [0.5, 0.6) is 5.75 Å². The van der Waals surface area contributed by atoms with E-state index in [1.54, 1.807) is 12.3 Å². The Labute approximate surface area is 133 Å². The van der Waals surface area contributed by atoms with Crippen LogP contribution >= 0.6 is 0 Å². The van der Waals surface area contributed by atoms with E-state index in [4.69, 9.17) is 4.74 Å². The van der Waals surface area contributed by atoms with Gasteiger partial charge in [-0.05, 0) is 30.3 Å². The fourth-order valence-electron chi connectivity index (χ4n) is 1.99. The summed E-state index contributed by atoms with van der Waals surface area (Å²) >= 11 is 0. The number of hydrogen-bond donors (Lipinski definition) is 2. The molecule has 0 saturated carbocycles. The fourth-order valence-corrected chi connectivity index (χ4v) is 1.99. The van der Waals surface area contributed by atoms with Gasteiger partial charge in [0.25, 0.3) is 5.91 Å². The second kappa shape index (κ2) is 7.22. The quantitative estimate of drug-likeness (QED) is 0.732. The van der Waals surface area contributed by atoms with E-state index in [-0.39, 0.29) is 5.91 Å². The molecule has 23 heavy (non-hydrogen) atoms. The predicted molar refractivity (Wildman–Crippen MR) is 84.8 cm³/mol. The van der Waals surface area contributed by atoms with Crippen LogP contribution in [0, 0.1) is 0 Å². The Morgan fingerprint density at radius 3 is 2.74 bits per heavy atom. The molecule has 0 atom stereocenters. The van der Waals surface area contributed by atoms with E-state index in [0.29, 0.717) is 18.8 Å².